The van der Waals surface area contributed by atoms with Gasteiger partial charge in [0.05, 0.1) is 6.10 Å². The molecule has 0 saturated carbocycles. The summed E-state index contributed by atoms with van der Waals surface area (Å²) in [5.41, 5.74) is 4.13. The van der Waals surface area contributed by atoms with E-state index in [1.54, 1.807) is 0 Å². The van der Waals surface area contributed by atoms with Gasteiger partial charge in [0, 0.05) is 0 Å². The molecular weight excluding hydrogens is 260 g/mol. The van der Waals surface area contributed by atoms with Gasteiger partial charge in [0.2, 0.25) is 0 Å². The highest BCUT2D eigenvalue weighted by atomic mass is 16.6. The van der Waals surface area contributed by atoms with Crippen molar-refractivity contribution in [2.75, 3.05) is 6.61 Å². The Balaban J connectivity index is 2.32. The molecule has 0 amide bonds. The van der Waals surface area contributed by atoms with Crippen molar-refractivity contribution in [1.29, 1.82) is 0 Å². The number of rotatable bonds is 7. The molecule has 0 aliphatic carbocycles. The molecule has 118 valence electrons. The van der Waals surface area contributed by atoms with Crippen LogP contribution in [0.5, 0.6) is 5.75 Å². The summed E-state index contributed by atoms with van der Waals surface area (Å²) in [6.07, 6.45) is 2.96. The van der Waals surface area contributed by atoms with Crippen molar-refractivity contribution in [2.24, 2.45) is 0 Å². The fourth-order valence-electron chi connectivity index (χ4n) is 2.77. The van der Waals surface area contributed by atoms with Crippen molar-refractivity contribution in [3.05, 3.63) is 28.8 Å². The van der Waals surface area contributed by atoms with Crippen LogP contribution in [0, 0.1) is 0 Å². The van der Waals surface area contributed by atoms with Crippen LogP contribution in [-0.2, 0) is 11.2 Å². The number of aryl methyl sites for hydroxylation is 1. The third kappa shape index (κ3) is 4.00. The van der Waals surface area contributed by atoms with E-state index in [1.807, 2.05) is 0 Å². The van der Waals surface area contributed by atoms with Crippen molar-refractivity contribution in [3.63, 3.8) is 0 Å². The van der Waals surface area contributed by atoms with E-state index in [0.717, 1.165) is 12.2 Å². The summed E-state index contributed by atoms with van der Waals surface area (Å²) >= 11 is 0. The molecular formula is C19H30O2. The molecule has 0 aromatic heterocycles. The van der Waals surface area contributed by atoms with Crippen LogP contribution in [0.25, 0.3) is 0 Å². The highest BCUT2D eigenvalue weighted by Gasteiger charge is 2.35. The standard InChI is InChI=1S/C19H30O2/c1-7-8-15-9-16(12(2)3)19(17(10-15)13(4)5)20-11-18-14(6)21-18/h9-10,12-14,18H,7-8,11H2,1-6H3. The van der Waals surface area contributed by atoms with Crippen LogP contribution in [0.15, 0.2) is 12.1 Å². The second-order valence-electron chi connectivity index (χ2n) is 6.85. The molecule has 1 aromatic rings. The van der Waals surface area contributed by atoms with Crippen LogP contribution in [0.2, 0.25) is 0 Å². The Labute approximate surface area is 129 Å². The number of hydrogen-bond acceptors (Lipinski definition) is 2. The molecule has 1 heterocycles. The van der Waals surface area contributed by atoms with Gasteiger partial charge in [-0.3, -0.25) is 0 Å². The van der Waals surface area contributed by atoms with E-state index in [1.165, 1.54) is 23.1 Å². The average molecular weight is 290 g/mol. The Morgan fingerprint density at radius 3 is 2.00 bits per heavy atom. The summed E-state index contributed by atoms with van der Waals surface area (Å²) in [6.45, 7) is 14.0. The lowest BCUT2D eigenvalue weighted by Gasteiger charge is -2.21. The number of epoxide rings is 1. The first-order valence-corrected chi connectivity index (χ1v) is 8.39. The van der Waals surface area contributed by atoms with Crippen LogP contribution >= 0.6 is 0 Å². The van der Waals surface area contributed by atoms with Crippen LogP contribution in [0.3, 0.4) is 0 Å². The zero-order valence-electron chi connectivity index (χ0n) is 14.4. The van der Waals surface area contributed by atoms with Crippen molar-refractivity contribution in [1.82, 2.24) is 0 Å². The second kappa shape index (κ2) is 6.83. The highest BCUT2D eigenvalue weighted by Crippen LogP contribution is 2.37. The molecule has 1 aliphatic heterocycles. The first-order valence-electron chi connectivity index (χ1n) is 8.39. The third-order valence-corrected chi connectivity index (χ3v) is 4.22. The molecule has 1 aromatic carbocycles. The van der Waals surface area contributed by atoms with Gasteiger partial charge in [0.15, 0.2) is 0 Å². The number of benzene rings is 1. The molecule has 0 spiro atoms. The topological polar surface area (TPSA) is 21.8 Å². The Hall–Kier alpha value is -1.02. The normalized spacial score (nSPS) is 21.1. The third-order valence-electron chi connectivity index (χ3n) is 4.22. The zero-order chi connectivity index (χ0) is 15.6. The minimum absolute atomic E-state index is 0.278. The van der Waals surface area contributed by atoms with Crippen LogP contribution in [0.4, 0.5) is 0 Å². The summed E-state index contributed by atoms with van der Waals surface area (Å²) in [7, 11) is 0. The monoisotopic (exact) mass is 290 g/mol. The molecule has 1 aliphatic rings. The van der Waals surface area contributed by atoms with Crippen molar-refractivity contribution in [3.8, 4) is 5.75 Å². The maximum Gasteiger partial charge on any atom is 0.126 e. The van der Waals surface area contributed by atoms with Gasteiger partial charge in [0.25, 0.3) is 0 Å². The van der Waals surface area contributed by atoms with Gasteiger partial charge in [-0.1, -0.05) is 53.2 Å². The molecule has 21 heavy (non-hydrogen) atoms. The summed E-state index contributed by atoms with van der Waals surface area (Å²) in [5.74, 6) is 2.06. The number of hydrogen-bond donors (Lipinski definition) is 0. The first kappa shape index (κ1) is 16.4. The van der Waals surface area contributed by atoms with Crippen LogP contribution < -0.4 is 4.74 Å². The molecule has 2 rings (SSSR count). The van der Waals surface area contributed by atoms with Gasteiger partial charge in [-0.15, -0.1) is 0 Å². The SMILES string of the molecule is CCCc1cc(C(C)C)c(OCC2OC2C)c(C(C)C)c1. The van der Waals surface area contributed by atoms with E-state index >= 15 is 0 Å². The van der Waals surface area contributed by atoms with E-state index < -0.39 is 0 Å². The van der Waals surface area contributed by atoms with Crippen LogP contribution in [-0.4, -0.2) is 18.8 Å². The molecule has 1 saturated heterocycles. The van der Waals surface area contributed by atoms with Crippen molar-refractivity contribution >= 4 is 0 Å². The molecule has 0 radical (unpaired) electrons. The summed E-state index contributed by atoms with van der Waals surface area (Å²) in [4.78, 5) is 0. The van der Waals surface area contributed by atoms with Gasteiger partial charge in [0.1, 0.15) is 18.5 Å². The molecule has 0 N–H and O–H groups in total. The Morgan fingerprint density at radius 2 is 1.62 bits per heavy atom. The Bertz CT molecular complexity index is 447. The Kier molecular flexibility index (Phi) is 5.32. The fraction of sp³-hybridized carbons (Fsp3) is 0.684. The second-order valence-corrected chi connectivity index (χ2v) is 6.85. The zero-order valence-corrected chi connectivity index (χ0v) is 14.4. The van der Waals surface area contributed by atoms with Crippen molar-refractivity contribution < 1.29 is 9.47 Å². The van der Waals surface area contributed by atoms with Gasteiger partial charge >= 0.3 is 0 Å². The fourth-order valence-corrected chi connectivity index (χ4v) is 2.77. The largest absolute Gasteiger partial charge is 0.490 e. The molecule has 2 unspecified atom stereocenters. The average Bonchev–Trinajstić information content (AvgIpc) is 3.12. The van der Waals surface area contributed by atoms with Crippen LogP contribution in [0.1, 0.15) is 76.5 Å². The predicted octanol–water partition coefficient (Wildman–Crippen LogP) is 5.05. The smallest absolute Gasteiger partial charge is 0.126 e. The lowest BCUT2D eigenvalue weighted by molar-refractivity contribution is 0.255. The molecule has 0 bridgehead atoms. The lowest BCUT2D eigenvalue weighted by Crippen LogP contribution is -2.11. The minimum Gasteiger partial charge on any atom is -0.490 e. The van der Waals surface area contributed by atoms with E-state index in [0.29, 0.717) is 24.5 Å². The minimum atomic E-state index is 0.278. The van der Waals surface area contributed by atoms with Gasteiger partial charge < -0.3 is 9.47 Å². The Morgan fingerprint density at radius 1 is 1.10 bits per heavy atom. The molecule has 2 heteroatoms. The van der Waals surface area contributed by atoms with E-state index in [2.05, 4.69) is 53.7 Å². The maximum absolute atomic E-state index is 6.19. The number of ether oxygens (including phenoxy) is 2. The predicted molar refractivity (Wildman–Crippen MR) is 88.4 cm³/mol. The van der Waals surface area contributed by atoms with E-state index in [-0.39, 0.29) is 6.10 Å². The van der Waals surface area contributed by atoms with Gasteiger partial charge in [-0.2, -0.15) is 0 Å². The maximum atomic E-state index is 6.19. The quantitative estimate of drug-likeness (QED) is 0.655. The molecule has 2 nitrogen and oxygen atoms in total. The van der Waals surface area contributed by atoms with Crippen molar-refractivity contribution in [2.45, 2.75) is 78.4 Å². The molecule has 1 fully saturated rings. The lowest BCUT2D eigenvalue weighted by atomic mass is 9.90. The summed E-state index contributed by atoms with van der Waals surface area (Å²) in [6, 6.07) is 4.68. The van der Waals surface area contributed by atoms with E-state index in [4.69, 9.17) is 9.47 Å². The summed E-state index contributed by atoms with van der Waals surface area (Å²) < 4.78 is 11.7. The summed E-state index contributed by atoms with van der Waals surface area (Å²) in [5, 5.41) is 0. The molecule has 2 atom stereocenters. The van der Waals surface area contributed by atoms with Gasteiger partial charge in [-0.05, 0) is 41.9 Å². The highest BCUT2D eigenvalue weighted by molar-refractivity contribution is 5.48. The van der Waals surface area contributed by atoms with Gasteiger partial charge in [-0.25, -0.2) is 0 Å². The van der Waals surface area contributed by atoms with E-state index in [9.17, 15) is 0 Å². The first-order chi connectivity index (χ1) is 9.93.